The fourth-order valence-corrected chi connectivity index (χ4v) is 2.67. The third kappa shape index (κ3) is 1.39. The third-order valence-corrected chi connectivity index (χ3v) is 3.99. The molecule has 2 aromatic rings. The van der Waals surface area contributed by atoms with Gasteiger partial charge in [-0.05, 0) is 65.2 Å². The SMILES string of the molecule is Brc1cc(C2CC2)cc2nc(C3CC3)nn12. The van der Waals surface area contributed by atoms with Gasteiger partial charge in [0, 0.05) is 5.92 Å². The second-order valence-electron chi connectivity index (χ2n) is 4.90. The molecule has 2 aromatic heterocycles. The molecule has 0 unspecified atom stereocenters. The molecule has 4 rings (SSSR count). The highest BCUT2D eigenvalue weighted by molar-refractivity contribution is 9.10. The number of aromatic nitrogens is 3. The number of pyridine rings is 1. The van der Waals surface area contributed by atoms with Crippen LogP contribution in [0.15, 0.2) is 16.7 Å². The Bertz CT molecular complexity index is 567. The fourth-order valence-electron chi connectivity index (χ4n) is 2.15. The Morgan fingerprint density at radius 3 is 2.56 bits per heavy atom. The van der Waals surface area contributed by atoms with Crippen LogP contribution in [0.2, 0.25) is 0 Å². The van der Waals surface area contributed by atoms with Crippen LogP contribution in [0.1, 0.15) is 48.9 Å². The number of nitrogens with zero attached hydrogens (tertiary/aromatic N) is 3. The second-order valence-corrected chi connectivity index (χ2v) is 5.71. The summed E-state index contributed by atoms with van der Waals surface area (Å²) in [6.07, 6.45) is 5.16. The van der Waals surface area contributed by atoms with Crippen molar-refractivity contribution >= 4 is 21.6 Å². The van der Waals surface area contributed by atoms with E-state index in [1.165, 1.54) is 31.2 Å². The van der Waals surface area contributed by atoms with Crippen molar-refractivity contribution in [2.45, 2.75) is 37.5 Å². The highest BCUT2D eigenvalue weighted by atomic mass is 79.9. The van der Waals surface area contributed by atoms with Crippen LogP contribution in [0, 0.1) is 0 Å². The minimum Gasteiger partial charge on any atom is -0.212 e. The quantitative estimate of drug-likeness (QED) is 0.789. The van der Waals surface area contributed by atoms with Crippen molar-refractivity contribution in [3.05, 3.63) is 28.1 Å². The molecule has 0 saturated heterocycles. The summed E-state index contributed by atoms with van der Waals surface area (Å²) in [6.45, 7) is 0. The smallest absolute Gasteiger partial charge is 0.157 e. The lowest BCUT2D eigenvalue weighted by atomic mass is 10.2. The first-order valence-corrected chi connectivity index (χ1v) is 6.67. The molecule has 0 bridgehead atoms. The average molecular weight is 278 g/mol. The topological polar surface area (TPSA) is 30.2 Å². The maximum absolute atomic E-state index is 4.63. The zero-order valence-electron chi connectivity index (χ0n) is 8.86. The molecule has 4 heteroatoms. The minimum atomic E-state index is 0.621. The highest BCUT2D eigenvalue weighted by Crippen LogP contribution is 2.42. The van der Waals surface area contributed by atoms with Crippen molar-refractivity contribution in [1.29, 1.82) is 0 Å². The van der Waals surface area contributed by atoms with Crippen LogP contribution < -0.4 is 0 Å². The lowest BCUT2D eigenvalue weighted by Gasteiger charge is -2.00. The standard InChI is InChI=1S/C12H12BrN3/c13-10-5-9(7-1-2-7)6-11-14-12(8-3-4-8)15-16(10)11/h5-8H,1-4H2. The number of hydrogen-bond acceptors (Lipinski definition) is 2. The van der Waals surface area contributed by atoms with Crippen LogP contribution in [0.5, 0.6) is 0 Å². The molecule has 0 aliphatic heterocycles. The molecule has 2 aliphatic carbocycles. The normalized spacial score (nSPS) is 20.6. The molecule has 0 atom stereocenters. The molecule has 2 heterocycles. The lowest BCUT2D eigenvalue weighted by Crippen LogP contribution is -1.92. The van der Waals surface area contributed by atoms with E-state index in [1.807, 2.05) is 4.52 Å². The number of halogens is 1. The van der Waals surface area contributed by atoms with E-state index in [9.17, 15) is 0 Å². The van der Waals surface area contributed by atoms with Gasteiger partial charge >= 0.3 is 0 Å². The summed E-state index contributed by atoms with van der Waals surface area (Å²) in [4.78, 5) is 4.63. The predicted octanol–water partition coefficient (Wildman–Crippen LogP) is 3.25. The van der Waals surface area contributed by atoms with Gasteiger partial charge in [-0.3, -0.25) is 0 Å². The minimum absolute atomic E-state index is 0.621. The van der Waals surface area contributed by atoms with Gasteiger partial charge in [-0.25, -0.2) is 9.50 Å². The van der Waals surface area contributed by atoms with E-state index in [4.69, 9.17) is 0 Å². The van der Waals surface area contributed by atoms with Crippen molar-refractivity contribution in [2.75, 3.05) is 0 Å². The molecular weight excluding hydrogens is 266 g/mol. The maximum atomic E-state index is 4.63. The second kappa shape index (κ2) is 3.06. The van der Waals surface area contributed by atoms with Crippen LogP contribution >= 0.6 is 15.9 Å². The Balaban J connectivity index is 1.90. The van der Waals surface area contributed by atoms with Crippen LogP contribution in [-0.2, 0) is 0 Å². The van der Waals surface area contributed by atoms with Gasteiger partial charge in [0.15, 0.2) is 11.5 Å². The number of hydrogen-bond donors (Lipinski definition) is 0. The third-order valence-electron chi connectivity index (χ3n) is 3.42. The van der Waals surface area contributed by atoms with Gasteiger partial charge in [-0.15, -0.1) is 5.10 Å². The predicted molar refractivity (Wildman–Crippen MR) is 64.6 cm³/mol. The van der Waals surface area contributed by atoms with Crippen LogP contribution in [0.3, 0.4) is 0 Å². The van der Waals surface area contributed by atoms with Gasteiger partial charge in [-0.2, -0.15) is 0 Å². The summed E-state index contributed by atoms with van der Waals surface area (Å²) in [5.74, 6) is 2.41. The Morgan fingerprint density at radius 2 is 1.88 bits per heavy atom. The summed E-state index contributed by atoms with van der Waals surface area (Å²) < 4.78 is 2.95. The van der Waals surface area contributed by atoms with E-state index in [0.717, 1.165) is 22.0 Å². The van der Waals surface area contributed by atoms with Crippen molar-refractivity contribution in [1.82, 2.24) is 14.6 Å². The van der Waals surface area contributed by atoms with Crippen LogP contribution in [0.4, 0.5) is 0 Å². The summed E-state index contributed by atoms with van der Waals surface area (Å²) >= 11 is 3.59. The van der Waals surface area contributed by atoms with Crippen molar-refractivity contribution in [2.24, 2.45) is 0 Å². The molecular formula is C12H12BrN3. The first-order valence-electron chi connectivity index (χ1n) is 5.87. The lowest BCUT2D eigenvalue weighted by molar-refractivity contribution is 0.861. The Labute approximate surface area is 102 Å². The van der Waals surface area contributed by atoms with E-state index < -0.39 is 0 Å². The molecule has 0 aromatic carbocycles. The average Bonchev–Trinajstić information content (AvgIpc) is 3.14. The zero-order valence-corrected chi connectivity index (χ0v) is 10.4. The fraction of sp³-hybridized carbons (Fsp3) is 0.500. The van der Waals surface area contributed by atoms with Crippen molar-refractivity contribution in [3.63, 3.8) is 0 Å². The molecule has 2 saturated carbocycles. The molecule has 3 nitrogen and oxygen atoms in total. The maximum Gasteiger partial charge on any atom is 0.157 e. The molecule has 0 spiro atoms. The first kappa shape index (κ1) is 9.16. The van der Waals surface area contributed by atoms with Crippen molar-refractivity contribution < 1.29 is 0 Å². The molecule has 2 aliphatic rings. The van der Waals surface area contributed by atoms with Gasteiger partial charge in [0.05, 0.1) is 0 Å². The van der Waals surface area contributed by atoms with E-state index in [0.29, 0.717) is 5.92 Å². The molecule has 82 valence electrons. The van der Waals surface area contributed by atoms with E-state index in [1.54, 1.807) is 0 Å². The Kier molecular flexibility index (Phi) is 1.76. The first-order chi connectivity index (χ1) is 7.81. The van der Waals surface area contributed by atoms with Gasteiger partial charge in [0.25, 0.3) is 0 Å². The molecule has 0 radical (unpaired) electrons. The van der Waals surface area contributed by atoms with E-state index in [-0.39, 0.29) is 0 Å². The van der Waals surface area contributed by atoms with Crippen LogP contribution in [0.25, 0.3) is 5.65 Å². The monoisotopic (exact) mass is 277 g/mol. The summed E-state index contributed by atoms with van der Waals surface area (Å²) in [7, 11) is 0. The van der Waals surface area contributed by atoms with E-state index >= 15 is 0 Å². The summed E-state index contributed by atoms with van der Waals surface area (Å²) in [5, 5.41) is 4.55. The zero-order chi connectivity index (χ0) is 10.7. The molecule has 0 N–H and O–H groups in total. The van der Waals surface area contributed by atoms with E-state index in [2.05, 4.69) is 38.1 Å². The Hall–Kier alpha value is -0.900. The van der Waals surface area contributed by atoms with Crippen molar-refractivity contribution in [3.8, 4) is 0 Å². The number of rotatable bonds is 2. The summed E-state index contributed by atoms with van der Waals surface area (Å²) in [6, 6.07) is 4.39. The molecule has 0 amide bonds. The van der Waals surface area contributed by atoms with Crippen LogP contribution in [-0.4, -0.2) is 14.6 Å². The number of fused-ring (bicyclic) bond motifs is 1. The largest absolute Gasteiger partial charge is 0.212 e. The van der Waals surface area contributed by atoms with Gasteiger partial charge < -0.3 is 0 Å². The summed E-state index contributed by atoms with van der Waals surface area (Å²) in [5.41, 5.74) is 2.41. The highest BCUT2D eigenvalue weighted by Gasteiger charge is 2.29. The van der Waals surface area contributed by atoms with Gasteiger partial charge in [-0.1, -0.05) is 0 Å². The Morgan fingerprint density at radius 1 is 1.12 bits per heavy atom. The molecule has 2 fully saturated rings. The van der Waals surface area contributed by atoms with Gasteiger partial charge in [0.2, 0.25) is 0 Å². The van der Waals surface area contributed by atoms with Gasteiger partial charge in [0.1, 0.15) is 4.60 Å². The molecule has 16 heavy (non-hydrogen) atoms.